The van der Waals surface area contributed by atoms with Crippen molar-refractivity contribution in [3.8, 4) is 22.3 Å². The number of furan rings is 1. The predicted octanol–water partition coefficient (Wildman–Crippen LogP) is 11.0. The lowest BCUT2D eigenvalue weighted by Gasteiger charge is -2.30. The first-order valence-corrected chi connectivity index (χ1v) is 14.2. The van der Waals surface area contributed by atoms with E-state index in [9.17, 15) is 0 Å². The molecule has 0 fully saturated rings. The Morgan fingerprint density at radius 1 is 0.488 bits per heavy atom. The summed E-state index contributed by atoms with van der Waals surface area (Å²) in [5, 5.41) is 2.28. The summed E-state index contributed by atoms with van der Waals surface area (Å²) in [6.07, 6.45) is 0. The van der Waals surface area contributed by atoms with Crippen LogP contribution in [0.5, 0.6) is 0 Å². The average molecular weight is 528 g/mol. The molecule has 6 aromatic carbocycles. The second-order valence-electron chi connectivity index (χ2n) is 11.3. The number of nitrogens with zero attached hydrogens (tertiary/aromatic N) is 1. The molecule has 2 nitrogen and oxygen atoms in total. The fourth-order valence-corrected chi connectivity index (χ4v) is 6.80. The highest BCUT2D eigenvalue weighted by molar-refractivity contribution is 6.14. The maximum Gasteiger partial charge on any atom is 0.136 e. The van der Waals surface area contributed by atoms with Crippen molar-refractivity contribution in [3.63, 3.8) is 0 Å². The van der Waals surface area contributed by atoms with E-state index >= 15 is 0 Å². The van der Waals surface area contributed by atoms with Gasteiger partial charge in [-0.25, -0.2) is 0 Å². The van der Waals surface area contributed by atoms with E-state index in [-0.39, 0.29) is 5.41 Å². The molecule has 7 aromatic rings. The Kier molecular flexibility index (Phi) is 5.20. The van der Waals surface area contributed by atoms with E-state index in [4.69, 9.17) is 4.42 Å². The van der Waals surface area contributed by atoms with Crippen LogP contribution in [0.15, 0.2) is 144 Å². The average Bonchev–Trinajstić information content (AvgIpc) is 3.51. The largest absolute Gasteiger partial charge is 0.456 e. The zero-order valence-electron chi connectivity index (χ0n) is 23.1. The third kappa shape index (κ3) is 3.50. The molecule has 196 valence electrons. The Morgan fingerprint density at radius 3 is 1.98 bits per heavy atom. The molecule has 0 amide bonds. The van der Waals surface area contributed by atoms with Crippen molar-refractivity contribution in [1.29, 1.82) is 0 Å². The monoisotopic (exact) mass is 527 g/mol. The van der Waals surface area contributed by atoms with Crippen molar-refractivity contribution in [2.45, 2.75) is 19.3 Å². The molecule has 8 rings (SSSR count). The predicted molar refractivity (Wildman–Crippen MR) is 171 cm³/mol. The van der Waals surface area contributed by atoms with Crippen LogP contribution in [0.3, 0.4) is 0 Å². The first-order valence-electron chi connectivity index (χ1n) is 14.2. The number of para-hydroxylation sites is 3. The van der Waals surface area contributed by atoms with Gasteiger partial charge in [0.15, 0.2) is 0 Å². The summed E-state index contributed by atoms with van der Waals surface area (Å²) in [6.45, 7) is 4.68. The second-order valence-corrected chi connectivity index (χ2v) is 11.3. The lowest BCUT2D eigenvalue weighted by molar-refractivity contribution is 0.660. The minimum Gasteiger partial charge on any atom is -0.456 e. The van der Waals surface area contributed by atoms with E-state index in [0.29, 0.717) is 0 Å². The number of anilines is 3. The van der Waals surface area contributed by atoms with Gasteiger partial charge in [-0.3, -0.25) is 0 Å². The molecule has 0 spiro atoms. The smallest absolute Gasteiger partial charge is 0.136 e. The quantitative estimate of drug-likeness (QED) is 0.226. The third-order valence-electron chi connectivity index (χ3n) is 8.68. The maximum absolute atomic E-state index is 6.29. The van der Waals surface area contributed by atoms with Crippen molar-refractivity contribution in [2.24, 2.45) is 0 Å². The molecule has 1 aliphatic rings. The van der Waals surface area contributed by atoms with Gasteiger partial charge in [-0.15, -0.1) is 0 Å². The summed E-state index contributed by atoms with van der Waals surface area (Å²) in [6, 6.07) is 49.9. The normalized spacial score (nSPS) is 13.3. The highest BCUT2D eigenvalue weighted by atomic mass is 16.3. The molecule has 41 heavy (non-hydrogen) atoms. The number of fused-ring (bicyclic) bond motifs is 6. The lowest BCUT2D eigenvalue weighted by atomic mass is 9.82. The van der Waals surface area contributed by atoms with Gasteiger partial charge in [-0.2, -0.15) is 0 Å². The van der Waals surface area contributed by atoms with Crippen LogP contribution in [0.25, 0.3) is 44.2 Å². The van der Waals surface area contributed by atoms with Crippen molar-refractivity contribution in [3.05, 3.63) is 151 Å². The summed E-state index contributed by atoms with van der Waals surface area (Å²) in [5.74, 6) is 0. The van der Waals surface area contributed by atoms with Crippen LogP contribution in [0, 0.1) is 0 Å². The van der Waals surface area contributed by atoms with Gasteiger partial charge >= 0.3 is 0 Å². The molecule has 0 aliphatic heterocycles. The van der Waals surface area contributed by atoms with Gasteiger partial charge in [0.05, 0.1) is 11.4 Å². The number of rotatable bonds is 4. The highest BCUT2D eigenvalue weighted by Gasteiger charge is 2.37. The van der Waals surface area contributed by atoms with Crippen LogP contribution in [-0.2, 0) is 5.41 Å². The molecular weight excluding hydrogens is 498 g/mol. The minimum atomic E-state index is -0.0783. The summed E-state index contributed by atoms with van der Waals surface area (Å²) in [7, 11) is 0. The molecule has 0 atom stereocenters. The molecule has 0 saturated carbocycles. The molecule has 0 saturated heterocycles. The molecule has 1 aromatic heterocycles. The molecule has 2 heteroatoms. The van der Waals surface area contributed by atoms with E-state index in [0.717, 1.165) is 44.4 Å². The van der Waals surface area contributed by atoms with Gasteiger partial charge in [-0.05, 0) is 58.7 Å². The molecule has 0 bridgehead atoms. The van der Waals surface area contributed by atoms with Gasteiger partial charge in [0.1, 0.15) is 11.2 Å². The zero-order valence-corrected chi connectivity index (χ0v) is 23.1. The van der Waals surface area contributed by atoms with E-state index in [1.807, 2.05) is 12.1 Å². The fraction of sp³-hybridized carbons (Fsp3) is 0.0769. The SMILES string of the molecule is CC1(C)c2ccccc2-c2c(N(c3ccccc3)c3ccccc3-c3cccc4oc5ccccc5c34)cccc21. The van der Waals surface area contributed by atoms with Crippen LogP contribution in [-0.4, -0.2) is 0 Å². The van der Waals surface area contributed by atoms with Gasteiger partial charge < -0.3 is 9.32 Å². The van der Waals surface area contributed by atoms with Crippen molar-refractivity contribution >= 4 is 39.0 Å². The van der Waals surface area contributed by atoms with Gasteiger partial charge in [0.25, 0.3) is 0 Å². The minimum absolute atomic E-state index is 0.0783. The first-order chi connectivity index (χ1) is 20.1. The van der Waals surface area contributed by atoms with Crippen molar-refractivity contribution in [1.82, 2.24) is 0 Å². The number of hydrogen-bond donors (Lipinski definition) is 0. The number of hydrogen-bond acceptors (Lipinski definition) is 2. The third-order valence-corrected chi connectivity index (χ3v) is 8.68. The van der Waals surface area contributed by atoms with E-state index in [1.54, 1.807) is 0 Å². The first kappa shape index (κ1) is 23.8. The van der Waals surface area contributed by atoms with Crippen LogP contribution in [0.4, 0.5) is 17.1 Å². The maximum atomic E-state index is 6.29. The lowest BCUT2D eigenvalue weighted by Crippen LogP contribution is -2.16. The Morgan fingerprint density at radius 2 is 1.10 bits per heavy atom. The molecule has 0 unspecified atom stereocenters. The summed E-state index contributed by atoms with van der Waals surface area (Å²) >= 11 is 0. The summed E-state index contributed by atoms with van der Waals surface area (Å²) in [4.78, 5) is 2.44. The summed E-state index contributed by atoms with van der Waals surface area (Å²) in [5.41, 5.74) is 12.8. The standard InChI is InChI=1S/C39H29NO/c1-39(2)31-20-9-6-17-29(31)38-32(39)21-13-23-34(38)40(26-14-4-3-5-15-26)33-22-10-7-16-27(33)28-19-12-25-36-37(28)30-18-8-11-24-35(30)41-36/h3-25H,1-2H3. The Bertz CT molecular complexity index is 2080. The van der Waals surface area contributed by atoms with Gasteiger partial charge in [0, 0.05) is 33.0 Å². The van der Waals surface area contributed by atoms with Crippen molar-refractivity contribution in [2.75, 3.05) is 4.90 Å². The second kappa shape index (κ2) is 8.97. The molecule has 0 N–H and O–H groups in total. The molecule has 0 radical (unpaired) electrons. The van der Waals surface area contributed by atoms with Crippen LogP contribution in [0.2, 0.25) is 0 Å². The Balaban J connectivity index is 1.44. The van der Waals surface area contributed by atoms with Crippen molar-refractivity contribution < 1.29 is 4.42 Å². The zero-order chi connectivity index (χ0) is 27.6. The number of benzene rings is 6. The van der Waals surface area contributed by atoms with Crippen LogP contribution >= 0.6 is 0 Å². The topological polar surface area (TPSA) is 16.4 Å². The van der Waals surface area contributed by atoms with E-state index in [1.165, 1.54) is 27.9 Å². The molecular formula is C39H29NO. The fourth-order valence-electron chi connectivity index (χ4n) is 6.80. The van der Waals surface area contributed by atoms with Crippen LogP contribution in [0.1, 0.15) is 25.0 Å². The summed E-state index contributed by atoms with van der Waals surface area (Å²) < 4.78 is 6.29. The molecule has 1 heterocycles. The van der Waals surface area contributed by atoms with Gasteiger partial charge in [-0.1, -0.05) is 117 Å². The van der Waals surface area contributed by atoms with Gasteiger partial charge in [0.2, 0.25) is 0 Å². The van der Waals surface area contributed by atoms with E-state index < -0.39 is 0 Å². The van der Waals surface area contributed by atoms with Crippen LogP contribution < -0.4 is 4.90 Å². The Labute approximate surface area is 240 Å². The van der Waals surface area contributed by atoms with E-state index in [2.05, 4.69) is 146 Å². The molecule has 1 aliphatic carbocycles. The Hall–Kier alpha value is -5.08. The highest BCUT2D eigenvalue weighted by Crippen LogP contribution is 2.55.